The molecular formula is C19H26N6O2. The number of nitrogens with zero attached hydrogens (tertiary/aromatic N) is 4. The van der Waals surface area contributed by atoms with Crippen molar-refractivity contribution in [2.24, 2.45) is 0 Å². The third-order valence-electron chi connectivity index (χ3n) is 4.85. The number of anilines is 1. The number of pyridine rings is 1. The largest absolute Gasteiger partial charge is 0.355 e. The van der Waals surface area contributed by atoms with Gasteiger partial charge in [0.2, 0.25) is 5.91 Å². The Balaban J connectivity index is 1.63. The van der Waals surface area contributed by atoms with E-state index >= 15 is 0 Å². The molecule has 2 N–H and O–H groups in total. The zero-order valence-corrected chi connectivity index (χ0v) is 16.1. The molecule has 1 amide bonds. The van der Waals surface area contributed by atoms with E-state index in [2.05, 4.69) is 30.1 Å². The summed E-state index contributed by atoms with van der Waals surface area (Å²) in [4.78, 5) is 39.8. The molecule has 2 aromatic heterocycles. The summed E-state index contributed by atoms with van der Waals surface area (Å²) in [5, 5.41) is 2.83. The molecule has 2 aromatic rings. The Morgan fingerprint density at radius 1 is 1.22 bits per heavy atom. The number of hydrogen-bond acceptors (Lipinski definition) is 6. The van der Waals surface area contributed by atoms with E-state index < -0.39 is 0 Å². The number of hydrogen-bond donors (Lipinski definition) is 2. The van der Waals surface area contributed by atoms with E-state index in [1.807, 2.05) is 26.0 Å². The smallest absolute Gasteiger partial charge is 0.254 e. The molecule has 0 saturated carbocycles. The average Bonchev–Trinajstić information content (AvgIpc) is 2.67. The van der Waals surface area contributed by atoms with Gasteiger partial charge in [0, 0.05) is 55.7 Å². The normalized spacial score (nSPS) is 15.0. The van der Waals surface area contributed by atoms with Gasteiger partial charge in [-0.3, -0.25) is 14.5 Å². The lowest BCUT2D eigenvalue weighted by atomic mass is 10.2. The third-order valence-corrected chi connectivity index (χ3v) is 4.85. The monoisotopic (exact) mass is 370 g/mol. The topological polar surface area (TPSA) is 94.2 Å². The van der Waals surface area contributed by atoms with E-state index in [0.717, 1.165) is 43.3 Å². The van der Waals surface area contributed by atoms with E-state index in [-0.39, 0.29) is 11.5 Å². The molecule has 1 fully saturated rings. The van der Waals surface area contributed by atoms with Crippen molar-refractivity contribution in [1.82, 2.24) is 25.2 Å². The first-order chi connectivity index (χ1) is 13.0. The van der Waals surface area contributed by atoms with Gasteiger partial charge in [0.15, 0.2) is 0 Å². The first kappa shape index (κ1) is 19.0. The van der Waals surface area contributed by atoms with Gasteiger partial charge < -0.3 is 15.2 Å². The van der Waals surface area contributed by atoms with Crippen LogP contribution in [0.5, 0.6) is 0 Å². The van der Waals surface area contributed by atoms with Crippen molar-refractivity contribution in [2.75, 3.05) is 44.2 Å². The highest BCUT2D eigenvalue weighted by molar-refractivity contribution is 5.78. The molecule has 1 saturated heterocycles. The van der Waals surface area contributed by atoms with Gasteiger partial charge in [-0.2, -0.15) is 0 Å². The highest BCUT2D eigenvalue weighted by atomic mass is 16.2. The van der Waals surface area contributed by atoms with E-state index in [9.17, 15) is 9.59 Å². The molecule has 0 atom stereocenters. The van der Waals surface area contributed by atoms with Crippen LogP contribution in [0.2, 0.25) is 0 Å². The lowest BCUT2D eigenvalue weighted by Crippen LogP contribution is -2.49. The van der Waals surface area contributed by atoms with Gasteiger partial charge in [0.05, 0.1) is 6.54 Å². The van der Waals surface area contributed by atoms with Gasteiger partial charge in [0.1, 0.15) is 11.6 Å². The lowest BCUT2D eigenvalue weighted by Gasteiger charge is -2.35. The van der Waals surface area contributed by atoms with Crippen LogP contribution in [0.25, 0.3) is 11.4 Å². The fourth-order valence-corrected chi connectivity index (χ4v) is 3.09. The van der Waals surface area contributed by atoms with Gasteiger partial charge in [-0.25, -0.2) is 9.97 Å². The molecule has 0 unspecified atom stereocenters. The number of H-pyrrole nitrogens is 1. The average molecular weight is 370 g/mol. The molecule has 3 heterocycles. The van der Waals surface area contributed by atoms with Crippen molar-refractivity contribution in [3.05, 3.63) is 39.9 Å². The first-order valence-electron chi connectivity index (χ1n) is 9.26. The summed E-state index contributed by atoms with van der Waals surface area (Å²) in [6.45, 7) is 9.92. The Bertz CT molecular complexity index is 853. The molecule has 0 aromatic carbocycles. The van der Waals surface area contributed by atoms with Gasteiger partial charge in [-0.1, -0.05) is 0 Å². The molecule has 1 aliphatic heterocycles. The molecule has 0 aliphatic carbocycles. The Morgan fingerprint density at radius 3 is 2.56 bits per heavy atom. The van der Waals surface area contributed by atoms with Crippen molar-refractivity contribution >= 4 is 11.7 Å². The molecular weight excluding hydrogens is 344 g/mol. The first-order valence-corrected chi connectivity index (χ1v) is 9.26. The Hall–Kier alpha value is -2.74. The van der Waals surface area contributed by atoms with Crippen LogP contribution in [0, 0.1) is 13.8 Å². The fourth-order valence-electron chi connectivity index (χ4n) is 3.09. The molecule has 3 rings (SSSR count). The maximum atomic E-state index is 11.9. The number of likely N-dealkylation sites (N-methyl/N-ethyl adjacent to an activating group) is 1. The third kappa shape index (κ3) is 4.51. The number of amides is 1. The summed E-state index contributed by atoms with van der Waals surface area (Å²) in [5.41, 5.74) is 2.02. The lowest BCUT2D eigenvalue weighted by molar-refractivity contribution is -0.122. The number of carbonyl (C=O) groups is 1. The minimum Gasteiger partial charge on any atom is -0.355 e. The molecule has 144 valence electrons. The summed E-state index contributed by atoms with van der Waals surface area (Å²) in [6.07, 6.45) is 1.74. The van der Waals surface area contributed by atoms with Gasteiger partial charge in [-0.05, 0) is 32.9 Å². The van der Waals surface area contributed by atoms with Crippen molar-refractivity contribution in [3.63, 3.8) is 0 Å². The minimum atomic E-state index is -0.121. The van der Waals surface area contributed by atoms with E-state index in [1.54, 1.807) is 13.1 Å². The number of nitrogens with one attached hydrogen (secondary N) is 2. The van der Waals surface area contributed by atoms with Gasteiger partial charge >= 0.3 is 0 Å². The summed E-state index contributed by atoms with van der Waals surface area (Å²) in [6, 6.07) is 3.88. The van der Waals surface area contributed by atoms with Gasteiger partial charge in [0.25, 0.3) is 5.56 Å². The number of aryl methyl sites for hydroxylation is 1. The number of aromatic amines is 1. The Kier molecular flexibility index (Phi) is 5.85. The van der Waals surface area contributed by atoms with Crippen molar-refractivity contribution in [1.29, 1.82) is 0 Å². The number of rotatable bonds is 5. The molecule has 27 heavy (non-hydrogen) atoms. The molecule has 0 spiro atoms. The summed E-state index contributed by atoms with van der Waals surface area (Å²) in [5.74, 6) is 1.50. The van der Waals surface area contributed by atoms with E-state index in [4.69, 9.17) is 0 Å². The molecule has 8 heteroatoms. The predicted octanol–water partition coefficient (Wildman–Crippen LogP) is 0.707. The summed E-state index contributed by atoms with van der Waals surface area (Å²) in [7, 11) is 0. The standard InChI is InChI=1S/C19H26N6O2/c1-4-20-17(26)12-24-7-9-25(10-8-24)16-6-5-15(11-21-16)18-22-14(3)13(2)19(27)23-18/h5-6,11H,4,7-10,12H2,1-3H3,(H,20,26)(H,22,23,27). The van der Waals surface area contributed by atoms with Gasteiger partial charge in [-0.15, -0.1) is 0 Å². The van der Waals surface area contributed by atoms with Crippen molar-refractivity contribution in [2.45, 2.75) is 20.8 Å². The zero-order chi connectivity index (χ0) is 19.4. The van der Waals surface area contributed by atoms with Crippen LogP contribution in [-0.4, -0.2) is 65.0 Å². The highest BCUT2D eigenvalue weighted by Crippen LogP contribution is 2.19. The van der Waals surface area contributed by atoms with Crippen LogP contribution in [0.3, 0.4) is 0 Å². The Labute approximate surface area is 158 Å². The quantitative estimate of drug-likeness (QED) is 0.805. The van der Waals surface area contributed by atoms with E-state index in [1.165, 1.54) is 0 Å². The minimum absolute atomic E-state index is 0.0725. The predicted molar refractivity (Wildman–Crippen MR) is 105 cm³/mol. The van der Waals surface area contributed by atoms with Crippen LogP contribution in [0.4, 0.5) is 5.82 Å². The fraction of sp³-hybridized carbons (Fsp3) is 0.474. The summed E-state index contributed by atoms with van der Waals surface area (Å²) < 4.78 is 0. The Morgan fingerprint density at radius 2 is 1.96 bits per heavy atom. The number of carbonyl (C=O) groups excluding carboxylic acids is 1. The maximum Gasteiger partial charge on any atom is 0.254 e. The second-order valence-electron chi connectivity index (χ2n) is 6.75. The summed E-state index contributed by atoms with van der Waals surface area (Å²) >= 11 is 0. The maximum absolute atomic E-state index is 11.9. The van der Waals surface area contributed by atoms with Crippen LogP contribution >= 0.6 is 0 Å². The molecule has 1 aliphatic rings. The second-order valence-corrected chi connectivity index (χ2v) is 6.75. The number of aromatic nitrogens is 3. The van der Waals surface area contributed by atoms with Crippen LogP contribution in [0.15, 0.2) is 23.1 Å². The zero-order valence-electron chi connectivity index (χ0n) is 16.1. The van der Waals surface area contributed by atoms with Crippen LogP contribution < -0.4 is 15.8 Å². The van der Waals surface area contributed by atoms with Crippen LogP contribution in [-0.2, 0) is 4.79 Å². The van der Waals surface area contributed by atoms with Crippen LogP contribution in [0.1, 0.15) is 18.2 Å². The highest BCUT2D eigenvalue weighted by Gasteiger charge is 2.19. The van der Waals surface area contributed by atoms with E-state index in [0.29, 0.717) is 24.5 Å². The van der Waals surface area contributed by atoms with Crippen molar-refractivity contribution < 1.29 is 4.79 Å². The SMILES string of the molecule is CCNC(=O)CN1CCN(c2ccc(-c3nc(C)c(C)c(=O)[nH]3)cn2)CC1. The molecule has 8 nitrogen and oxygen atoms in total. The number of piperazine rings is 1. The molecule has 0 bridgehead atoms. The second kappa shape index (κ2) is 8.30. The molecule has 0 radical (unpaired) electrons. The van der Waals surface area contributed by atoms with Crippen molar-refractivity contribution in [3.8, 4) is 11.4 Å².